The molecule has 2 rings (SSSR count). The average molecular weight is 277 g/mol. The minimum absolute atomic E-state index is 0.0382. The number of nitrogens with zero attached hydrogens (tertiary/aromatic N) is 1. The van der Waals surface area contributed by atoms with Gasteiger partial charge in [-0.15, -0.1) is 0 Å². The number of anilines is 1. The topological polar surface area (TPSA) is 24.9 Å². The fourth-order valence-electron chi connectivity index (χ4n) is 1.99. The van der Waals surface area contributed by atoms with Crippen LogP contribution in [0.5, 0.6) is 0 Å². The van der Waals surface area contributed by atoms with Gasteiger partial charge >= 0.3 is 0 Å². The molecular weight excluding hydrogens is 256 g/mol. The lowest BCUT2D eigenvalue weighted by molar-refractivity contribution is 0.572. The summed E-state index contributed by atoms with van der Waals surface area (Å²) in [5.74, 6) is 0. The van der Waals surface area contributed by atoms with Gasteiger partial charge in [-0.1, -0.05) is 39.3 Å². The Morgan fingerprint density at radius 2 is 1.95 bits per heavy atom. The van der Waals surface area contributed by atoms with E-state index in [4.69, 9.17) is 16.6 Å². The number of hydrogen-bond donors (Lipinski definition) is 1. The summed E-state index contributed by atoms with van der Waals surface area (Å²) in [6.07, 6.45) is 1.09. The first-order valence-electron chi connectivity index (χ1n) is 6.76. The first-order chi connectivity index (χ1) is 8.91. The molecule has 0 amide bonds. The standard InChI is InChI=1S/C16H21ClN2/c1-5-8-18-14-10-15(16(2,3)4)19-13-7-6-11(17)9-12(13)14/h6-7,9-10H,5,8H2,1-4H3,(H,18,19). The van der Waals surface area contributed by atoms with Crippen LogP contribution in [0.25, 0.3) is 10.9 Å². The summed E-state index contributed by atoms with van der Waals surface area (Å²) in [6, 6.07) is 8.01. The highest BCUT2D eigenvalue weighted by Crippen LogP contribution is 2.30. The van der Waals surface area contributed by atoms with Gasteiger partial charge in [-0.3, -0.25) is 4.98 Å². The van der Waals surface area contributed by atoms with E-state index < -0.39 is 0 Å². The molecule has 0 saturated heterocycles. The molecule has 0 aliphatic carbocycles. The summed E-state index contributed by atoms with van der Waals surface area (Å²) in [5.41, 5.74) is 3.26. The van der Waals surface area contributed by atoms with E-state index in [1.54, 1.807) is 0 Å². The Morgan fingerprint density at radius 3 is 2.58 bits per heavy atom. The molecule has 1 N–H and O–H groups in total. The predicted octanol–water partition coefficient (Wildman–Crippen LogP) is 5.01. The number of fused-ring (bicyclic) bond motifs is 1. The lowest BCUT2D eigenvalue weighted by Crippen LogP contribution is -2.14. The second kappa shape index (κ2) is 5.38. The van der Waals surface area contributed by atoms with Crippen molar-refractivity contribution in [3.05, 3.63) is 35.0 Å². The van der Waals surface area contributed by atoms with E-state index in [2.05, 4.69) is 39.1 Å². The molecule has 0 unspecified atom stereocenters. The van der Waals surface area contributed by atoms with E-state index in [0.717, 1.165) is 40.3 Å². The van der Waals surface area contributed by atoms with Crippen molar-refractivity contribution in [1.82, 2.24) is 4.98 Å². The van der Waals surface area contributed by atoms with Crippen LogP contribution in [-0.4, -0.2) is 11.5 Å². The monoisotopic (exact) mass is 276 g/mol. The van der Waals surface area contributed by atoms with Crippen LogP contribution in [0.3, 0.4) is 0 Å². The van der Waals surface area contributed by atoms with E-state index in [9.17, 15) is 0 Å². The summed E-state index contributed by atoms with van der Waals surface area (Å²) >= 11 is 6.10. The molecule has 0 radical (unpaired) electrons. The molecule has 0 aliphatic rings. The van der Waals surface area contributed by atoms with Gasteiger partial charge in [0.2, 0.25) is 0 Å². The highest BCUT2D eigenvalue weighted by molar-refractivity contribution is 6.31. The largest absolute Gasteiger partial charge is 0.384 e. The van der Waals surface area contributed by atoms with Crippen LogP contribution in [0.2, 0.25) is 5.02 Å². The Labute approximate surface area is 120 Å². The quantitative estimate of drug-likeness (QED) is 0.852. The maximum atomic E-state index is 6.10. The Hall–Kier alpha value is -1.28. The summed E-state index contributed by atoms with van der Waals surface area (Å²) in [6.45, 7) is 9.66. The van der Waals surface area contributed by atoms with Crippen molar-refractivity contribution in [3.8, 4) is 0 Å². The molecule has 1 heterocycles. The Bertz CT molecular complexity index is 585. The number of halogens is 1. The normalized spacial score (nSPS) is 11.8. The van der Waals surface area contributed by atoms with Gasteiger partial charge in [-0.2, -0.15) is 0 Å². The lowest BCUT2D eigenvalue weighted by Gasteiger charge is -2.20. The van der Waals surface area contributed by atoms with Crippen LogP contribution in [0, 0.1) is 0 Å². The first-order valence-corrected chi connectivity index (χ1v) is 7.14. The number of nitrogens with one attached hydrogen (secondary N) is 1. The van der Waals surface area contributed by atoms with Crippen molar-refractivity contribution < 1.29 is 0 Å². The van der Waals surface area contributed by atoms with Crippen LogP contribution in [0.1, 0.15) is 39.8 Å². The molecule has 0 spiro atoms. The van der Waals surface area contributed by atoms with Crippen LogP contribution in [-0.2, 0) is 5.41 Å². The third-order valence-corrected chi connectivity index (χ3v) is 3.34. The van der Waals surface area contributed by atoms with E-state index >= 15 is 0 Å². The minimum Gasteiger partial charge on any atom is -0.384 e. The smallest absolute Gasteiger partial charge is 0.0727 e. The van der Waals surface area contributed by atoms with E-state index in [1.165, 1.54) is 0 Å². The molecular formula is C16H21ClN2. The summed E-state index contributed by atoms with van der Waals surface area (Å²) in [7, 11) is 0. The zero-order valence-corrected chi connectivity index (χ0v) is 12.8. The van der Waals surface area contributed by atoms with Gasteiger partial charge in [0.1, 0.15) is 0 Å². The van der Waals surface area contributed by atoms with E-state index in [-0.39, 0.29) is 5.41 Å². The molecule has 0 bridgehead atoms. The van der Waals surface area contributed by atoms with Crippen LogP contribution < -0.4 is 5.32 Å². The summed E-state index contributed by atoms with van der Waals surface area (Å²) < 4.78 is 0. The number of pyridine rings is 1. The van der Waals surface area contributed by atoms with Gasteiger partial charge in [0.05, 0.1) is 5.52 Å². The molecule has 1 aromatic heterocycles. The van der Waals surface area contributed by atoms with Crippen molar-refractivity contribution in [3.63, 3.8) is 0 Å². The van der Waals surface area contributed by atoms with Gasteiger partial charge in [-0.05, 0) is 30.7 Å². The molecule has 2 aromatic rings. The van der Waals surface area contributed by atoms with Gasteiger partial charge < -0.3 is 5.32 Å². The lowest BCUT2D eigenvalue weighted by atomic mass is 9.90. The maximum absolute atomic E-state index is 6.10. The molecule has 0 atom stereocenters. The third-order valence-electron chi connectivity index (χ3n) is 3.10. The Kier molecular flexibility index (Phi) is 4.00. The Balaban J connectivity index is 2.62. The third kappa shape index (κ3) is 3.19. The van der Waals surface area contributed by atoms with Crippen molar-refractivity contribution >= 4 is 28.2 Å². The molecule has 102 valence electrons. The van der Waals surface area contributed by atoms with Gasteiger partial charge in [0.15, 0.2) is 0 Å². The Morgan fingerprint density at radius 1 is 1.21 bits per heavy atom. The molecule has 2 nitrogen and oxygen atoms in total. The zero-order valence-electron chi connectivity index (χ0n) is 12.0. The van der Waals surface area contributed by atoms with Gasteiger partial charge in [-0.25, -0.2) is 0 Å². The maximum Gasteiger partial charge on any atom is 0.0727 e. The fourth-order valence-corrected chi connectivity index (χ4v) is 2.16. The highest BCUT2D eigenvalue weighted by atomic mass is 35.5. The molecule has 1 aromatic carbocycles. The zero-order chi connectivity index (χ0) is 14.0. The fraction of sp³-hybridized carbons (Fsp3) is 0.438. The second-order valence-electron chi connectivity index (χ2n) is 5.89. The molecule has 0 fully saturated rings. The van der Waals surface area contributed by atoms with Gasteiger partial charge in [0.25, 0.3) is 0 Å². The van der Waals surface area contributed by atoms with Gasteiger partial charge in [0, 0.05) is 33.7 Å². The van der Waals surface area contributed by atoms with Crippen molar-refractivity contribution in [1.29, 1.82) is 0 Å². The molecule has 19 heavy (non-hydrogen) atoms. The molecule has 3 heteroatoms. The van der Waals surface area contributed by atoms with Crippen molar-refractivity contribution in [2.45, 2.75) is 39.5 Å². The minimum atomic E-state index is 0.0382. The van der Waals surface area contributed by atoms with Crippen molar-refractivity contribution in [2.75, 3.05) is 11.9 Å². The number of hydrogen-bond acceptors (Lipinski definition) is 2. The number of aromatic nitrogens is 1. The second-order valence-corrected chi connectivity index (χ2v) is 6.33. The van der Waals surface area contributed by atoms with Crippen LogP contribution in [0.15, 0.2) is 24.3 Å². The highest BCUT2D eigenvalue weighted by Gasteiger charge is 2.17. The number of rotatable bonds is 3. The SMILES string of the molecule is CCCNc1cc(C(C)(C)C)nc2ccc(Cl)cc12. The first kappa shape index (κ1) is 14.1. The predicted molar refractivity (Wildman–Crippen MR) is 84.2 cm³/mol. The summed E-state index contributed by atoms with van der Waals surface area (Å²) in [5, 5.41) is 5.32. The number of benzene rings is 1. The molecule has 0 saturated carbocycles. The van der Waals surface area contributed by atoms with E-state index in [0.29, 0.717) is 0 Å². The molecule has 0 aliphatic heterocycles. The van der Waals surface area contributed by atoms with Crippen LogP contribution in [0.4, 0.5) is 5.69 Å². The van der Waals surface area contributed by atoms with Crippen molar-refractivity contribution in [2.24, 2.45) is 0 Å². The summed E-state index contributed by atoms with van der Waals surface area (Å²) in [4.78, 5) is 4.76. The average Bonchev–Trinajstić information content (AvgIpc) is 2.34. The van der Waals surface area contributed by atoms with Crippen LogP contribution >= 0.6 is 11.6 Å². The van der Waals surface area contributed by atoms with E-state index in [1.807, 2.05) is 18.2 Å².